The molecule has 0 aliphatic heterocycles. The van der Waals surface area contributed by atoms with Gasteiger partial charge in [0.05, 0.1) is 18.0 Å². The Hall–Kier alpha value is -2.49. The van der Waals surface area contributed by atoms with E-state index in [1.807, 2.05) is 37.3 Å². The average molecular weight is 284 g/mol. The lowest BCUT2D eigenvalue weighted by molar-refractivity contribution is -0.116. The Morgan fingerprint density at radius 3 is 2.62 bits per heavy atom. The van der Waals surface area contributed by atoms with E-state index in [0.29, 0.717) is 36.6 Å². The quantitative estimate of drug-likeness (QED) is 0.800. The van der Waals surface area contributed by atoms with Gasteiger partial charge in [0.1, 0.15) is 5.75 Å². The van der Waals surface area contributed by atoms with Gasteiger partial charge in [-0.25, -0.2) is 0 Å². The summed E-state index contributed by atoms with van der Waals surface area (Å²) < 4.78 is 5.36. The lowest BCUT2D eigenvalue weighted by atomic mass is 10.1. The monoisotopic (exact) mass is 284 g/mol. The first-order valence-corrected chi connectivity index (χ1v) is 7.05. The number of hydrogen-bond donors (Lipinski definition) is 2. The van der Waals surface area contributed by atoms with Gasteiger partial charge in [-0.05, 0) is 31.0 Å². The number of nitrogens with two attached hydrogens (primary N) is 1. The molecule has 0 aliphatic rings. The molecule has 0 fully saturated rings. The molecule has 2 rings (SSSR count). The van der Waals surface area contributed by atoms with Gasteiger partial charge in [-0.1, -0.05) is 30.3 Å². The van der Waals surface area contributed by atoms with Crippen LogP contribution in [0.15, 0.2) is 48.5 Å². The lowest BCUT2D eigenvalue weighted by Gasteiger charge is -2.10. The van der Waals surface area contributed by atoms with Crippen LogP contribution in [0.2, 0.25) is 0 Å². The first kappa shape index (κ1) is 14.9. The topological polar surface area (TPSA) is 64.3 Å². The van der Waals surface area contributed by atoms with Crippen molar-refractivity contribution in [3.63, 3.8) is 0 Å². The van der Waals surface area contributed by atoms with Crippen LogP contribution in [0.4, 0.5) is 11.4 Å². The minimum Gasteiger partial charge on any atom is -0.494 e. The predicted molar refractivity (Wildman–Crippen MR) is 85.4 cm³/mol. The van der Waals surface area contributed by atoms with E-state index in [0.717, 1.165) is 5.56 Å². The van der Waals surface area contributed by atoms with Crippen LogP contribution in [0, 0.1) is 0 Å². The highest BCUT2D eigenvalue weighted by atomic mass is 16.5. The average Bonchev–Trinajstić information content (AvgIpc) is 2.49. The van der Waals surface area contributed by atoms with E-state index < -0.39 is 0 Å². The summed E-state index contributed by atoms with van der Waals surface area (Å²) in [6.07, 6.45) is 1.14. The van der Waals surface area contributed by atoms with Crippen molar-refractivity contribution in [2.45, 2.75) is 19.8 Å². The summed E-state index contributed by atoms with van der Waals surface area (Å²) >= 11 is 0. The van der Waals surface area contributed by atoms with Crippen LogP contribution in [0.5, 0.6) is 5.75 Å². The van der Waals surface area contributed by atoms with Gasteiger partial charge in [-0.15, -0.1) is 0 Å². The number of ether oxygens (including phenoxy) is 1. The lowest BCUT2D eigenvalue weighted by Crippen LogP contribution is -2.13. The summed E-state index contributed by atoms with van der Waals surface area (Å²) in [5.74, 6) is 0.659. The summed E-state index contributed by atoms with van der Waals surface area (Å²) in [6.45, 7) is 2.50. The maximum Gasteiger partial charge on any atom is 0.224 e. The van der Waals surface area contributed by atoms with Crippen molar-refractivity contribution >= 4 is 17.3 Å². The van der Waals surface area contributed by atoms with Gasteiger partial charge in [0, 0.05) is 12.5 Å². The molecular formula is C17H20N2O2. The molecule has 1 amide bonds. The van der Waals surface area contributed by atoms with Gasteiger partial charge in [-0.2, -0.15) is 0 Å². The number of nitrogens with one attached hydrogen (secondary N) is 1. The molecule has 0 atom stereocenters. The van der Waals surface area contributed by atoms with Gasteiger partial charge in [0.2, 0.25) is 5.91 Å². The number of anilines is 2. The van der Waals surface area contributed by atoms with Crippen LogP contribution in [-0.4, -0.2) is 12.5 Å². The van der Waals surface area contributed by atoms with Gasteiger partial charge in [-0.3, -0.25) is 4.79 Å². The molecule has 2 aromatic rings. The molecule has 0 unspecified atom stereocenters. The number of carbonyl (C=O) groups excluding carboxylic acids is 1. The third-order valence-corrected chi connectivity index (χ3v) is 3.09. The predicted octanol–water partition coefficient (Wildman–Crippen LogP) is 3.24. The molecule has 3 N–H and O–H groups in total. The number of rotatable bonds is 6. The highest BCUT2D eigenvalue weighted by Gasteiger charge is 2.06. The summed E-state index contributed by atoms with van der Waals surface area (Å²) in [6, 6.07) is 15.2. The molecule has 4 nitrogen and oxygen atoms in total. The second kappa shape index (κ2) is 7.33. The maximum absolute atomic E-state index is 12.0. The van der Waals surface area contributed by atoms with E-state index in [4.69, 9.17) is 10.5 Å². The summed E-state index contributed by atoms with van der Waals surface area (Å²) in [7, 11) is 0. The van der Waals surface area contributed by atoms with E-state index >= 15 is 0 Å². The summed E-state index contributed by atoms with van der Waals surface area (Å²) in [4.78, 5) is 12.0. The van der Waals surface area contributed by atoms with Crippen molar-refractivity contribution in [2.75, 3.05) is 17.7 Å². The molecule has 2 aromatic carbocycles. The fraction of sp³-hybridized carbons (Fsp3) is 0.235. The zero-order valence-electron chi connectivity index (χ0n) is 12.1. The van der Waals surface area contributed by atoms with Crippen LogP contribution in [-0.2, 0) is 11.2 Å². The molecular weight excluding hydrogens is 264 g/mol. The molecule has 0 spiro atoms. The highest BCUT2D eigenvalue weighted by Crippen LogP contribution is 2.24. The molecule has 0 saturated carbocycles. The minimum absolute atomic E-state index is 0.0466. The highest BCUT2D eigenvalue weighted by molar-refractivity contribution is 5.94. The first-order chi connectivity index (χ1) is 10.2. The number of aryl methyl sites for hydroxylation is 1. The van der Waals surface area contributed by atoms with E-state index in [2.05, 4.69) is 5.32 Å². The largest absolute Gasteiger partial charge is 0.494 e. The zero-order valence-corrected chi connectivity index (χ0v) is 12.1. The Morgan fingerprint density at radius 2 is 1.95 bits per heavy atom. The Bertz CT molecular complexity index is 597. The van der Waals surface area contributed by atoms with Crippen LogP contribution >= 0.6 is 0 Å². The van der Waals surface area contributed by atoms with E-state index in [-0.39, 0.29) is 5.91 Å². The van der Waals surface area contributed by atoms with Crippen LogP contribution < -0.4 is 15.8 Å². The van der Waals surface area contributed by atoms with Crippen molar-refractivity contribution in [3.8, 4) is 5.75 Å². The standard InChI is InChI=1S/C17H20N2O2/c1-2-21-14-9-10-16(15(18)12-14)19-17(20)11-8-13-6-4-3-5-7-13/h3-7,9-10,12H,2,8,11,18H2,1H3,(H,19,20). The van der Waals surface area contributed by atoms with Crippen LogP contribution in [0.3, 0.4) is 0 Å². The Balaban J connectivity index is 1.90. The summed E-state index contributed by atoms with van der Waals surface area (Å²) in [5.41, 5.74) is 8.19. The van der Waals surface area contributed by atoms with Gasteiger partial charge in [0.15, 0.2) is 0 Å². The number of amides is 1. The SMILES string of the molecule is CCOc1ccc(NC(=O)CCc2ccccc2)c(N)c1. The fourth-order valence-electron chi connectivity index (χ4n) is 2.03. The summed E-state index contributed by atoms with van der Waals surface area (Å²) in [5, 5.41) is 2.83. The van der Waals surface area contributed by atoms with Crippen molar-refractivity contribution in [1.29, 1.82) is 0 Å². The third-order valence-electron chi connectivity index (χ3n) is 3.09. The second-order valence-electron chi connectivity index (χ2n) is 4.72. The third kappa shape index (κ3) is 4.53. The molecule has 0 aliphatic carbocycles. The van der Waals surface area contributed by atoms with Crippen molar-refractivity contribution in [1.82, 2.24) is 0 Å². The second-order valence-corrected chi connectivity index (χ2v) is 4.72. The molecule has 0 saturated heterocycles. The van der Waals surface area contributed by atoms with Crippen molar-refractivity contribution in [3.05, 3.63) is 54.1 Å². The minimum atomic E-state index is -0.0466. The van der Waals surface area contributed by atoms with Gasteiger partial charge in [0.25, 0.3) is 0 Å². The first-order valence-electron chi connectivity index (χ1n) is 7.05. The van der Waals surface area contributed by atoms with Gasteiger partial charge < -0.3 is 15.8 Å². The molecule has 110 valence electrons. The molecule has 4 heteroatoms. The molecule has 0 heterocycles. The van der Waals surface area contributed by atoms with Crippen LogP contribution in [0.1, 0.15) is 18.9 Å². The van der Waals surface area contributed by atoms with Gasteiger partial charge >= 0.3 is 0 Å². The van der Waals surface area contributed by atoms with Crippen molar-refractivity contribution in [2.24, 2.45) is 0 Å². The van der Waals surface area contributed by atoms with Crippen LogP contribution in [0.25, 0.3) is 0 Å². The Labute approximate surface area is 124 Å². The van der Waals surface area contributed by atoms with E-state index in [9.17, 15) is 4.79 Å². The number of nitrogen functional groups attached to an aromatic ring is 1. The van der Waals surface area contributed by atoms with E-state index in [1.165, 1.54) is 0 Å². The molecule has 0 radical (unpaired) electrons. The Kier molecular flexibility index (Phi) is 5.21. The van der Waals surface area contributed by atoms with E-state index in [1.54, 1.807) is 18.2 Å². The van der Waals surface area contributed by atoms with Crippen molar-refractivity contribution < 1.29 is 9.53 Å². The smallest absolute Gasteiger partial charge is 0.224 e. The zero-order chi connectivity index (χ0) is 15.1. The number of benzene rings is 2. The fourth-order valence-corrected chi connectivity index (χ4v) is 2.03. The maximum atomic E-state index is 12.0. The molecule has 0 aromatic heterocycles. The molecule has 21 heavy (non-hydrogen) atoms. The number of hydrogen-bond acceptors (Lipinski definition) is 3. The normalized spacial score (nSPS) is 10.1. The Morgan fingerprint density at radius 1 is 1.19 bits per heavy atom. The molecule has 0 bridgehead atoms. The number of carbonyl (C=O) groups is 1.